The van der Waals surface area contributed by atoms with Gasteiger partial charge in [0, 0.05) is 25.5 Å². The minimum atomic E-state index is 0.0860. The van der Waals surface area contributed by atoms with Gasteiger partial charge in [-0.2, -0.15) is 0 Å². The third-order valence-electron chi connectivity index (χ3n) is 2.51. The van der Waals surface area contributed by atoms with Crippen LogP contribution >= 0.6 is 12.2 Å². The first-order valence-electron chi connectivity index (χ1n) is 5.11. The number of nitrogens with one attached hydrogen (secondary N) is 1. The van der Waals surface area contributed by atoms with Gasteiger partial charge in [0.1, 0.15) is 6.54 Å². The largest absolute Gasteiger partial charge is 0.344 e. The van der Waals surface area contributed by atoms with Crippen molar-refractivity contribution >= 4 is 18.1 Å². The van der Waals surface area contributed by atoms with Gasteiger partial charge in [-0.3, -0.25) is 4.79 Å². The normalized spacial score (nSPS) is 10.3. The predicted octanol–water partition coefficient (Wildman–Crippen LogP) is 1.59. The van der Waals surface area contributed by atoms with Gasteiger partial charge >= 0.3 is 0 Å². The molecule has 0 saturated heterocycles. The van der Waals surface area contributed by atoms with Gasteiger partial charge in [0.15, 0.2) is 4.77 Å². The summed E-state index contributed by atoms with van der Waals surface area (Å²) >= 11 is 5.12. The van der Waals surface area contributed by atoms with Gasteiger partial charge in [-0.15, -0.1) is 0 Å². The first-order chi connectivity index (χ1) is 7.10. The smallest absolute Gasteiger partial charge is 0.242 e. The Labute approximate surface area is 94.9 Å². The molecule has 1 N–H and O–H groups in total. The van der Waals surface area contributed by atoms with Crippen LogP contribution in [0.2, 0.25) is 0 Å². The number of amides is 1. The van der Waals surface area contributed by atoms with Crippen LogP contribution in [0.5, 0.6) is 0 Å². The molecule has 1 rings (SSSR count). The van der Waals surface area contributed by atoms with Gasteiger partial charge in [-0.25, -0.2) is 0 Å². The van der Waals surface area contributed by atoms with Crippen LogP contribution in [0.3, 0.4) is 0 Å². The van der Waals surface area contributed by atoms with Crippen molar-refractivity contribution in [1.29, 1.82) is 0 Å². The fourth-order valence-electron chi connectivity index (χ4n) is 1.33. The highest BCUT2D eigenvalue weighted by molar-refractivity contribution is 7.71. The Morgan fingerprint density at radius 1 is 1.60 bits per heavy atom. The van der Waals surface area contributed by atoms with Crippen LogP contribution in [0.1, 0.15) is 19.5 Å². The van der Waals surface area contributed by atoms with E-state index in [-0.39, 0.29) is 5.91 Å². The minimum absolute atomic E-state index is 0.0860. The Morgan fingerprint density at radius 3 is 2.80 bits per heavy atom. The summed E-state index contributed by atoms with van der Waals surface area (Å²) in [6, 6.07) is 0. The second-order valence-corrected chi connectivity index (χ2v) is 3.82. The number of carbonyl (C=O) groups excluding carboxylic acids is 1. The Balaban J connectivity index is 2.84. The number of likely N-dealkylation sites (N-methyl/N-ethyl adjacent to an activating group) is 1. The zero-order valence-electron chi connectivity index (χ0n) is 9.41. The van der Waals surface area contributed by atoms with Crippen LogP contribution in [0.15, 0.2) is 6.20 Å². The van der Waals surface area contributed by atoms with Crippen molar-refractivity contribution in [2.45, 2.75) is 26.8 Å². The van der Waals surface area contributed by atoms with Crippen LogP contribution in [-0.2, 0) is 17.8 Å². The van der Waals surface area contributed by atoms with Gasteiger partial charge in [0.2, 0.25) is 5.91 Å². The Morgan fingerprint density at radius 2 is 2.27 bits per heavy atom. The van der Waals surface area contributed by atoms with Crippen molar-refractivity contribution < 1.29 is 4.79 Å². The van der Waals surface area contributed by atoms with Crippen LogP contribution in [0.4, 0.5) is 0 Å². The molecular weight excluding hydrogens is 210 g/mol. The predicted molar refractivity (Wildman–Crippen MR) is 62.3 cm³/mol. The number of H-pyrrole nitrogens is 1. The molecular formula is C10H17N3OS. The first-order valence-corrected chi connectivity index (χ1v) is 5.52. The maximum Gasteiger partial charge on any atom is 0.242 e. The van der Waals surface area contributed by atoms with E-state index in [2.05, 4.69) is 4.98 Å². The number of carbonyl (C=O) groups is 1. The standard InChI is InChI=1S/C10H17N3OS/c1-4-8-6-11-10(15)13(8)7-9(14)12(3)5-2/h6H,4-5,7H2,1-3H3,(H,11,15). The molecule has 5 heteroatoms. The quantitative estimate of drug-likeness (QED) is 0.794. The molecule has 1 aromatic heterocycles. The molecule has 1 aromatic rings. The zero-order chi connectivity index (χ0) is 11.4. The first kappa shape index (κ1) is 12.0. The highest BCUT2D eigenvalue weighted by Crippen LogP contribution is 2.03. The second kappa shape index (κ2) is 5.11. The molecule has 15 heavy (non-hydrogen) atoms. The molecule has 0 aliphatic carbocycles. The van der Waals surface area contributed by atoms with Gasteiger partial charge in [0.05, 0.1) is 0 Å². The Kier molecular flexibility index (Phi) is 4.08. The average Bonchev–Trinajstić information content (AvgIpc) is 2.59. The molecule has 0 aromatic carbocycles. The summed E-state index contributed by atoms with van der Waals surface area (Å²) in [5.41, 5.74) is 1.07. The molecule has 84 valence electrons. The molecule has 0 bridgehead atoms. The fourth-order valence-corrected chi connectivity index (χ4v) is 1.57. The molecule has 0 atom stereocenters. The monoisotopic (exact) mass is 227 g/mol. The number of hydrogen-bond acceptors (Lipinski definition) is 2. The summed E-state index contributed by atoms with van der Waals surface area (Å²) < 4.78 is 2.47. The third kappa shape index (κ3) is 2.68. The molecule has 0 saturated carbocycles. The summed E-state index contributed by atoms with van der Waals surface area (Å²) in [6.07, 6.45) is 2.73. The Hall–Kier alpha value is -1.10. The lowest BCUT2D eigenvalue weighted by Gasteiger charge is -2.15. The van der Waals surface area contributed by atoms with E-state index in [1.54, 1.807) is 11.9 Å². The molecule has 0 spiro atoms. The number of imidazole rings is 1. The number of nitrogens with zero attached hydrogens (tertiary/aromatic N) is 2. The number of aromatic amines is 1. The van der Waals surface area contributed by atoms with Crippen LogP contribution in [0.25, 0.3) is 0 Å². The van der Waals surface area contributed by atoms with Gasteiger partial charge < -0.3 is 14.5 Å². The summed E-state index contributed by atoms with van der Waals surface area (Å²) in [4.78, 5) is 16.4. The Bertz CT molecular complexity index is 394. The van der Waals surface area contributed by atoms with Gasteiger partial charge in [-0.1, -0.05) is 6.92 Å². The summed E-state index contributed by atoms with van der Waals surface area (Å²) in [7, 11) is 1.80. The lowest BCUT2D eigenvalue weighted by molar-refractivity contribution is -0.130. The molecule has 4 nitrogen and oxygen atoms in total. The topological polar surface area (TPSA) is 41.0 Å². The molecule has 0 unspecified atom stereocenters. The molecule has 1 heterocycles. The van der Waals surface area contributed by atoms with E-state index >= 15 is 0 Å². The van der Waals surface area contributed by atoms with E-state index in [0.29, 0.717) is 11.3 Å². The van der Waals surface area contributed by atoms with Crippen molar-refractivity contribution in [2.24, 2.45) is 0 Å². The van der Waals surface area contributed by atoms with E-state index in [0.717, 1.165) is 18.7 Å². The van der Waals surface area contributed by atoms with Crippen molar-refractivity contribution in [1.82, 2.24) is 14.5 Å². The van der Waals surface area contributed by atoms with Crippen LogP contribution in [-0.4, -0.2) is 34.0 Å². The fraction of sp³-hybridized carbons (Fsp3) is 0.600. The van der Waals surface area contributed by atoms with Gasteiger partial charge in [0.25, 0.3) is 0 Å². The SMILES string of the molecule is CCc1c[nH]c(=S)n1CC(=O)N(C)CC. The van der Waals surface area contributed by atoms with Crippen molar-refractivity contribution in [3.63, 3.8) is 0 Å². The van der Waals surface area contributed by atoms with E-state index in [9.17, 15) is 4.79 Å². The van der Waals surface area contributed by atoms with Crippen LogP contribution < -0.4 is 0 Å². The van der Waals surface area contributed by atoms with Crippen molar-refractivity contribution in [2.75, 3.05) is 13.6 Å². The number of hydrogen-bond donors (Lipinski definition) is 1. The van der Waals surface area contributed by atoms with E-state index in [4.69, 9.17) is 12.2 Å². The highest BCUT2D eigenvalue weighted by Gasteiger charge is 2.10. The summed E-state index contributed by atoms with van der Waals surface area (Å²) in [6.45, 7) is 5.05. The number of aromatic nitrogens is 2. The number of aryl methyl sites for hydroxylation is 1. The molecule has 0 aliphatic rings. The van der Waals surface area contributed by atoms with Gasteiger partial charge in [-0.05, 0) is 25.6 Å². The molecule has 0 fully saturated rings. The third-order valence-corrected chi connectivity index (χ3v) is 2.85. The minimum Gasteiger partial charge on any atom is -0.344 e. The maximum absolute atomic E-state index is 11.7. The molecule has 1 amide bonds. The number of rotatable bonds is 4. The average molecular weight is 227 g/mol. The zero-order valence-corrected chi connectivity index (χ0v) is 10.2. The molecule has 0 radical (unpaired) electrons. The lowest BCUT2D eigenvalue weighted by atomic mass is 10.3. The van der Waals surface area contributed by atoms with E-state index < -0.39 is 0 Å². The second-order valence-electron chi connectivity index (χ2n) is 3.43. The van der Waals surface area contributed by atoms with Crippen molar-refractivity contribution in [3.8, 4) is 0 Å². The van der Waals surface area contributed by atoms with Crippen molar-refractivity contribution in [3.05, 3.63) is 16.7 Å². The maximum atomic E-state index is 11.7. The summed E-state index contributed by atoms with van der Waals surface area (Å²) in [5, 5.41) is 0. The van der Waals surface area contributed by atoms with E-state index in [1.165, 1.54) is 0 Å². The molecule has 0 aliphatic heterocycles. The van der Waals surface area contributed by atoms with E-state index in [1.807, 2.05) is 24.6 Å². The highest BCUT2D eigenvalue weighted by atomic mass is 32.1. The lowest BCUT2D eigenvalue weighted by Crippen LogP contribution is -2.30. The summed E-state index contributed by atoms with van der Waals surface area (Å²) in [5.74, 6) is 0.0860. The van der Waals surface area contributed by atoms with Crippen LogP contribution in [0, 0.1) is 4.77 Å².